The van der Waals surface area contributed by atoms with Crippen molar-refractivity contribution in [1.82, 2.24) is 10.6 Å². The lowest BCUT2D eigenvalue weighted by Gasteiger charge is -2.10. The second-order valence-corrected chi connectivity index (χ2v) is 3.66. The SMILES string of the molecule is N=C1NCC(c2ccc(OCC[18F])cc2)N1.O=CO. The highest BCUT2D eigenvalue weighted by molar-refractivity contribution is 5.79. The first-order valence-corrected chi connectivity index (χ1v) is 5.66. The number of hydrogen-bond donors (Lipinski definition) is 4. The zero-order chi connectivity index (χ0) is 14.1. The predicted molar refractivity (Wildman–Crippen MR) is 68.2 cm³/mol. The summed E-state index contributed by atoms with van der Waals surface area (Å²) in [6.45, 7) is 0.0732. The maximum absolute atomic E-state index is 11.9. The summed E-state index contributed by atoms with van der Waals surface area (Å²) in [5, 5.41) is 20.2. The van der Waals surface area contributed by atoms with Crippen LogP contribution in [0.3, 0.4) is 0 Å². The molecule has 0 saturated carbocycles. The molecule has 19 heavy (non-hydrogen) atoms. The van der Waals surface area contributed by atoms with E-state index in [9.17, 15) is 4.39 Å². The van der Waals surface area contributed by atoms with Gasteiger partial charge in [0.1, 0.15) is 19.0 Å². The molecule has 1 fully saturated rings. The Hall–Kier alpha value is -2.31. The van der Waals surface area contributed by atoms with Gasteiger partial charge in [0.15, 0.2) is 5.96 Å². The van der Waals surface area contributed by atoms with E-state index < -0.39 is 6.67 Å². The van der Waals surface area contributed by atoms with E-state index in [1.807, 2.05) is 24.3 Å². The third kappa shape index (κ3) is 4.82. The molecule has 1 aromatic carbocycles. The Morgan fingerprint density at radius 3 is 2.58 bits per heavy atom. The van der Waals surface area contributed by atoms with Gasteiger partial charge in [-0.25, -0.2) is 4.39 Å². The standard InChI is InChI=1S/C11H14FN3O.CH2O2/c12-5-6-16-9-3-1-8(2-4-9)10-7-14-11(13)15-10;2-1-3/h1-4,10H,5-7H2,(H3,13,14,15);1H,(H,2,3)/i12-1;. The summed E-state index contributed by atoms with van der Waals surface area (Å²) in [6, 6.07) is 7.60. The van der Waals surface area contributed by atoms with Gasteiger partial charge in [0.05, 0.1) is 6.04 Å². The predicted octanol–water partition coefficient (Wildman–Crippen LogP) is 0.904. The zero-order valence-corrected chi connectivity index (χ0v) is 10.2. The molecule has 1 aliphatic rings. The lowest BCUT2D eigenvalue weighted by Crippen LogP contribution is -2.22. The fourth-order valence-electron chi connectivity index (χ4n) is 1.63. The molecule has 1 saturated heterocycles. The maximum Gasteiger partial charge on any atom is 0.290 e. The Morgan fingerprint density at radius 2 is 2.11 bits per heavy atom. The smallest absolute Gasteiger partial charge is 0.290 e. The number of alkyl halides is 1. The van der Waals surface area contributed by atoms with Gasteiger partial charge in [-0.05, 0) is 17.7 Å². The Kier molecular flexibility index (Phi) is 6.14. The monoisotopic (exact) mass is 268 g/mol. The fourth-order valence-corrected chi connectivity index (χ4v) is 1.63. The van der Waals surface area contributed by atoms with Crippen molar-refractivity contribution < 1.29 is 19.0 Å². The first kappa shape index (κ1) is 14.7. The molecule has 1 unspecified atom stereocenters. The fraction of sp³-hybridized carbons (Fsp3) is 0.333. The van der Waals surface area contributed by atoms with Gasteiger partial charge in [0, 0.05) is 6.54 Å². The zero-order valence-electron chi connectivity index (χ0n) is 10.2. The molecular formula is C12H16FN3O3. The molecule has 1 heterocycles. The average Bonchev–Trinajstić information content (AvgIpc) is 2.85. The van der Waals surface area contributed by atoms with Crippen LogP contribution in [0, 0.1) is 5.41 Å². The van der Waals surface area contributed by atoms with E-state index in [1.165, 1.54) is 0 Å². The van der Waals surface area contributed by atoms with Crippen LogP contribution in [0.4, 0.5) is 4.39 Å². The highest BCUT2D eigenvalue weighted by atomic mass is 18.2. The molecule has 0 amide bonds. The number of hydrogen-bond acceptors (Lipinski definition) is 3. The molecule has 4 N–H and O–H groups in total. The van der Waals surface area contributed by atoms with Crippen LogP contribution in [0.1, 0.15) is 11.6 Å². The van der Waals surface area contributed by atoms with Crippen molar-refractivity contribution >= 4 is 12.4 Å². The summed E-state index contributed by atoms with van der Waals surface area (Å²) < 4.78 is 17.0. The van der Waals surface area contributed by atoms with E-state index in [2.05, 4.69) is 10.6 Å². The topological polar surface area (TPSA) is 94.4 Å². The molecule has 0 spiro atoms. The molecule has 0 radical (unpaired) electrons. The van der Waals surface area contributed by atoms with Crippen LogP contribution in [-0.4, -0.2) is 37.4 Å². The molecule has 6 nitrogen and oxygen atoms in total. The number of nitrogens with one attached hydrogen (secondary N) is 3. The molecule has 1 atom stereocenters. The molecule has 1 aromatic rings. The molecule has 0 aliphatic carbocycles. The second kappa shape index (κ2) is 7.91. The summed E-state index contributed by atoms with van der Waals surface area (Å²) in [5.41, 5.74) is 1.09. The molecule has 1 aliphatic heterocycles. The first-order valence-electron chi connectivity index (χ1n) is 5.66. The lowest BCUT2D eigenvalue weighted by molar-refractivity contribution is -0.122. The van der Waals surface area contributed by atoms with Crippen molar-refractivity contribution in [2.24, 2.45) is 0 Å². The minimum atomic E-state index is -0.479. The number of ether oxygens (including phenoxy) is 1. The number of carbonyl (C=O) groups is 1. The Morgan fingerprint density at radius 1 is 1.47 bits per heavy atom. The molecular weight excluding hydrogens is 252 g/mol. The van der Waals surface area contributed by atoms with Crippen molar-refractivity contribution in [1.29, 1.82) is 5.41 Å². The van der Waals surface area contributed by atoms with Crippen LogP contribution in [0.25, 0.3) is 0 Å². The molecule has 0 bridgehead atoms. The summed E-state index contributed by atoms with van der Waals surface area (Å²) in [4.78, 5) is 8.36. The van der Waals surface area contributed by atoms with Crippen molar-refractivity contribution in [2.75, 3.05) is 19.8 Å². The number of halogens is 1. The van der Waals surface area contributed by atoms with Gasteiger partial charge >= 0.3 is 0 Å². The average molecular weight is 268 g/mol. The minimum Gasteiger partial charge on any atom is -0.491 e. The highest BCUT2D eigenvalue weighted by Crippen LogP contribution is 2.19. The van der Waals surface area contributed by atoms with E-state index in [4.69, 9.17) is 20.0 Å². The Labute approximate surface area is 110 Å². The number of carboxylic acid groups (broad SMARTS) is 1. The molecule has 2 rings (SSSR count). The summed E-state index contributed by atoms with van der Waals surface area (Å²) in [5.74, 6) is 1.02. The van der Waals surface area contributed by atoms with E-state index in [0.717, 1.165) is 5.56 Å². The largest absolute Gasteiger partial charge is 0.491 e. The van der Waals surface area contributed by atoms with Gasteiger partial charge < -0.3 is 20.5 Å². The van der Waals surface area contributed by atoms with Crippen molar-refractivity contribution in [3.8, 4) is 5.75 Å². The summed E-state index contributed by atoms with van der Waals surface area (Å²) in [6.07, 6.45) is 0. The maximum atomic E-state index is 11.9. The Balaban J connectivity index is 0.000000550. The van der Waals surface area contributed by atoms with Crippen LogP contribution in [0.2, 0.25) is 0 Å². The van der Waals surface area contributed by atoms with Crippen molar-refractivity contribution in [3.05, 3.63) is 29.8 Å². The second-order valence-electron chi connectivity index (χ2n) is 3.66. The van der Waals surface area contributed by atoms with Gasteiger partial charge in [-0.1, -0.05) is 12.1 Å². The van der Waals surface area contributed by atoms with Gasteiger partial charge in [-0.2, -0.15) is 0 Å². The quantitative estimate of drug-likeness (QED) is 0.609. The summed E-state index contributed by atoms with van der Waals surface area (Å²) >= 11 is 0. The van der Waals surface area contributed by atoms with Gasteiger partial charge in [-0.15, -0.1) is 0 Å². The van der Waals surface area contributed by atoms with Crippen LogP contribution in [0.5, 0.6) is 5.75 Å². The number of benzene rings is 1. The van der Waals surface area contributed by atoms with Crippen molar-refractivity contribution in [2.45, 2.75) is 6.04 Å². The molecule has 0 aromatic heterocycles. The summed E-state index contributed by atoms with van der Waals surface area (Å²) in [7, 11) is 0. The Bertz CT molecular complexity index is 411. The third-order valence-corrected chi connectivity index (χ3v) is 2.43. The van der Waals surface area contributed by atoms with E-state index in [0.29, 0.717) is 18.3 Å². The highest BCUT2D eigenvalue weighted by Gasteiger charge is 2.18. The first-order chi connectivity index (χ1) is 9.21. The van der Waals surface area contributed by atoms with Gasteiger partial charge in [0.2, 0.25) is 0 Å². The minimum absolute atomic E-state index is 0.0905. The van der Waals surface area contributed by atoms with Crippen LogP contribution in [-0.2, 0) is 4.79 Å². The molecule has 7 heteroatoms. The van der Waals surface area contributed by atoms with Crippen molar-refractivity contribution in [3.63, 3.8) is 0 Å². The van der Waals surface area contributed by atoms with E-state index in [-0.39, 0.29) is 19.1 Å². The normalized spacial score (nSPS) is 16.7. The van der Waals surface area contributed by atoms with E-state index >= 15 is 0 Å². The van der Waals surface area contributed by atoms with Crippen LogP contribution in [0.15, 0.2) is 24.3 Å². The van der Waals surface area contributed by atoms with Gasteiger partial charge in [-0.3, -0.25) is 10.2 Å². The lowest BCUT2D eigenvalue weighted by atomic mass is 10.1. The van der Waals surface area contributed by atoms with Crippen LogP contribution >= 0.6 is 0 Å². The van der Waals surface area contributed by atoms with Gasteiger partial charge in [0.25, 0.3) is 6.47 Å². The van der Waals surface area contributed by atoms with E-state index in [1.54, 1.807) is 0 Å². The molecule has 104 valence electrons. The number of guanidine groups is 1. The third-order valence-electron chi connectivity index (χ3n) is 2.43. The number of rotatable bonds is 4. The van der Waals surface area contributed by atoms with Crippen LogP contribution < -0.4 is 15.4 Å².